The molecule has 3 nitrogen and oxygen atoms in total. The molecule has 0 saturated heterocycles. The highest BCUT2D eigenvalue weighted by Gasteiger charge is 1.80. The summed E-state index contributed by atoms with van der Waals surface area (Å²) in [7, 11) is 0. The molecule has 0 aliphatic carbocycles. The van der Waals surface area contributed by atoms with Crippen molar-refractivity contribution >= 4 is 17.5 Å². The van der Waals surface area contributed by atoms with Gasteiger partial charge in [0.1, 0.15) is 5.51 Å². The van der Waals surface area contributed by atoms with E-state index >= 15 is 0 Å². The molecule has 0 bridgehead atoms. The minimum Gasteiger partial charge on any atom is -0.265 e. The first-order valence-corrected chi connectivity index (χ1v) is 2.21. The number of hydrogen-bond acceptors (Lipinski definition) is 3. The van der Waals surface area contributed by atoms with Crippen LogP contribution in [0.25, 0.3) is 0 Å². The van der Waals surface area contributed by atoms with Crippen LogP contribution in [0.1, 0.15) is 0 Å². The molecule has 0 amide bonds. The maximum atomic E-state index is 6.66. The largest absolute Gasteiger partial charge is 0.265 e. The third-order valence-electron chi connectivity index (χ3n) is 0.361. The van der Waals surface area contributed by atoms with E-state index in [1.54, 1.807) is 0 Å². The molecule has 0 spiro atoms. The summed E-state index contributed by atoms with van der Waals surface area (Å²) in [5, 5.41) is 0. The van der Waals surface area contributed by atoms with E-state index in [9.17, 15) is 0 Å². The van der Waals surface area contributed by atoms with Gasteiger partial charge in [-0.05, 0) is 11.5 Å². The molecule has 1 N–H and O–H groups in total. The third kappa shape index (κ3) is 0.463. The fourth-order valence-corrected chi connectivity index (χ4v) is 0.512. The van der Waals surface area contributed by atoms with E-state index in [2.05, 4.69) is 9.36 Å². The van der Waals surface area contributed by atoms with Gasteiger partial charge >= 0.3 is 0 Å². The Labute approximate surface area is 39.0 Å². The van der Waals surface area contributed by atoms with Crippen molar-refractivity contribution in [3.8, 4) is 0 Å². The molecule has 1 rings (SSSR count). The Kier molecular flexibility index (Phi) is 0.719. The fourth-order valence-electron chi connectivity index (χ4n) is 0.171. The van der Waals surface area contributed by atoms with Crippen LogP contribution in [-0.2, 0) is 0 Å². The van der Waals surface area contributed by atoms with E-state index in [1.807, 2.05) is 0 Å². The van der Waals surface area contributed by atoms with Crippen molar-refractivity contribution in [2.45, 2.75) is 0 Å². The van der Waals surface area contributed by atoms with Crippen molar-refractivity contribution in [3.63, 3.8) is 0 Å². The monoisotopic (exact) mass is 100.0 g/mol. The van der Waals surface area contributed by atoms with Crippen LogP contribution in [-0.4, -0.2) is 9.36 Å². The highest BCUT2D eigenvalue weighted by molar-refractivity contribution is 7.03. The number of nitrogens with zero attached hydrogens (tertiary/aromatic N) is 2. The quantitative estimate of drug-likeness (QED) is 0.475. The summed E-state index contributed by atoms with van der Waals surface area (Å²) in [5.74, 6) is 0.111. The summed E-state index contributed by atoms with van der Waals surface area (Å²) in [6.45, 7) is 0. The lowest BCUT2D eigenvalue weighted by molar-refractivity contribution is 1.23. The van der Waals surface area contributed by atoms with Gasteiger partial charge in [-0.25, -0.2) is 4.98 Å². The molecule has 1 heterocycles. The molecule has 1 radical (unpaired) electrons. The highest BCUT2D eigenvalue weighted by Crippen LogP contribution is 1.92. The van der Waals surface area contributed by atoms with Crippen LogP contribution < -0.4 is 5.73 Å². The molecule has 6 heavy (non-hydrogen) atoms. The maximum Gasteiger partial charge on any atom is 0.253 e. The van der Waals surface area contributed by atoms with Gasteiger partial charge in [0.15, 0.2) is 0 Å². The molecule has 0 atom stereocenters. The van der Waals surface area contributed by atoms with E-state index in [4.69, 9.17) is 5.73 Å². The van der Waals surface area contributed by atoms with E-state index < -0.39 is 0 Å². The predicted molar refractivity (Wildman–Crippen MR) is 22.7 cm³/mol. The zero-order valence-electron chi connectivity index (χ0n) is 2.88. The third-order valence-corrected chi connectivity index (χ3v) is 0.839. The Morgan fingerprint density at radius 2 is 2.67 bits per heavy atom. The number of hydrogen-bond donors (Lipinski definition) is 0. The van der Waals surface area contributed by atoms with Gasteiger partial charge < -0.3 is 0 Å². The Hall–Kier alpha value is -0.640. The normalized spacial score (nSPS) is 8.67. The van der Waals surface area contributed by atoms with Crippen molar-refractivity contribution in [2.75, 3.05) is 0 Å². The first kappa shape index (κ1) is 3.55. The van der Waals surface area contributed by atoms with Crippen LogP contribution in [0.5, 0.6) is 0 Å². The molecule has 0 unspecified atom stereocenters. The standard InChI is InChI=1S/C2H2N3S/c3-2-4-1-6-5-2/h1,3H. The Morgan fingerprint density at radius 1 is 1.83 bits per heavy atom. The molecular formula is C2H2N3S. The summed E-state index contributed by atoms with van der Waals surface area (Å²) in [5.41, 5.74) is 8.19. The highest BCUT2D eigenvalue weighted by atomic mass is 32.1. The molecule has 0 fully saturated rings. The lowest BCUT2D eigenvalue weighted by Crippen LogP contribution is -1.64. The van der Waals surface area contributed by atoms with Crippen molar-refractivity contribution in [1.82, 2.24) is 15.1 Å². The summed E-state index contributed by atoms with van der Waals surface area (Å²) in [4.78, 5) is 3.49. The minimum atomic E-state index is 0.111. The second kappa shape index (κ2) is 1.22. The average molecular weight is 100 g/mol. The van der Waals surface area contributed by atoms with Gasteiger partial charge in [-0.3, -0.25) is 5.73 Å². The molecule has 0 saturated carbocycles. The Balaban J connectivity index is 3.05. The Morgan fingerprint density at radius 3 is 2.83 bits per heavy atom. The molecule has 31 valence electrons. The number of nitrogens with one attached hydrogen (secondary N) is 1. The molecule has 0 aliphatic rings. The van der Waals surface area contributed by atoms with Crippen LogP contribution in [0.2, 0.25) is 0 Å². The molecule has 0 aliphatic heterocycles. The molecule has 4 heteroatoms. The summed E-state index contributed by atoms with van der Waals surface area (Å²) in [6, 6.07) is 0. The molecule has 1 aromatic rings. The van der Waals surface area contributed by atoms with Crippen molar-refractivity contribution in [2.24, 2.45) is 0 Å². The lowest BCUT2D eigenvalue weighted by atomic mass is 11.1. The minimum absolute atomic E-state index is 0.111. The van der Waals surface area contributed by atoms with Crippen molar-refractivity contribution < 1.29 is 0 Å². The van der Waals surface area contributed by atoms with Crippen LogP contribution in [0.15, 0.2) is 5.51 Å². The Bertz CT molecular complexity index is 112. The maximum absolute atomic E-state index is 6.66. The molecule has 0 aromatic carbocycles. The van der Waals surface area contributed by atoms with Crippen molar-refractivity contribution in [1.29, 1.82) is 0 Å². The average Bonchev–Trinajstić information content (AvgIpc) is 1.86. The second-order valence-corrected chi connectivity index (χ2v) is 1.36. The summed E-state index contributed by atoms with van der Waals surface area (Å²) in [6.07, 6.45) is 0. The number of aromatic nitrogens is 2. The van der Waals surface area contributed by atoms with Crippen LogP contribution in [0.4, 0.5) is 5.95 Å². The summed E-state index contributed by atoms with van der Waals surface area (Å²) >= 11 is 1.19. The fraction of sp³-hybridized carbons (Fsp3) is 0. The zero-order valence-corrected chi connectivity index (χ0v) is 3.70. The summed E-state index contributed by atoms with van der Waals surface area (Å²) < 4.78 is 3.51. The van der Waals surface area contributed by atoms with Crippen LogP contribution in [0, 0.1) is 0 Å². The molecular weight excluding hydrogens is 98.1 g/mol. The zero-order chi connectivity index (χ0) is 4.41. The van der Waals surface area contributed by atoms with Crippen molar-refractivity contribution in [3.05, 3.63) is 5.51 Å². The first-order chi connectivity index (χ1) is 2.89. The van der Waals surface area contributed by atoms with Crippen LogP contribution in [0.3, 0.4) is 0 Å². The van der Waals surface area contributed by atoms with Gasteiger partial charge in [-0.15, -0.1) is 0 Å². The van der Waals surface area contributed by atoms with Gasteiger partial charge in [0, 0.05) is 0 Å². The number of rotatable bonds is 0. The van der Waals surface area contributed by atoms with E-state index in [-0.39, 0.29) is 5.95 Å². The van der Waals surface area contributed by atoms with E-state index in [1.165, 1.54) is 17.0 Å². The second-order valence-electron chi connectivity index (χ2n) is 0.755. The SMILES string of the molecule is [NH]c1ncsn1. The van der Waals surface area contributed by atoms with E-state index in [0.29, 0.717) is 0 Å². The predicted octanol–water partition coefficient (Wildman–Crippen LogP) is 0.452. The first-order valence-electron chi connectivity index (χ1n) is 1.37. The molecule has 1 aromatic heterocycles. The van der Waals surface area contributed by atoms with Gasteiger partial charge in [0.2, 0.25) is 0 Å². The van der Waals surface area contributed by atoms with Gasteiger partial charge in [-0.1, -0.05) is 0 Å². The smallest absolute Gasteiger partial charge is 0.253 e. The van der Waals surface area contributed by atoms with Gasteiger partial charge in [-0.2, -0.15) is 4.37 Å². The van der Waals surface area contributed by atoms with Crippen LogP contribution >= 0.6 is 11.5 Å². The lowest BCUT2D eigenvalue weighted by Gasteiger charge is -1.62. The van der Waals surface area contributed by atoms with E-state index in [0.717, 1.165) is 0 Å². The topological polar surface area (TPSA) is 49.6 Å². The van der Waals surface area contributed by atoms with Gasteiger partial charge in [0.25, 0.3) is 5.95 Å². The van der Waals surface area contributed by atoms with Gasteiger partial charge in [0.05, 0.1) is 0 Å².